The molecule has 0 bridgehead atoms. The van der Waals surface area contributed by atoms with Crippen LogP contribution in [0.3, 0.4) is 0 Å². The number of rotatable bonds is 5. The SMILES string of the molecule is C[C@@H](NCc1ccc(N(C)C)cc1)c1ccccc1Br. The number of benzene rings is 2. The Kier molecular flexibility index (Phi) is 5.21. The number of hydrogen-bond donors (Lipinski definition) is 1. The van der Waals surface area contributed by atoms with Crippen LogP contribution in [0, 0.1) is 0 Å². The molecule has 106 valence electrons. The van der Waals surface area contributed by atoms with E-state index >= 15 is 0 Å². The van der Waals surface area contributed by atoms with Crippen molar-refractivity contribution < 1.29 is 0 Å². The van der Waals surface area contributed by atoms with Gasteiger partial charge in [0.15, 0.2) is 0 Å². The molecule has 0 saturated heterocycles. The van der Waals surface area contributed by atoms with E-state index in [4.69, 9.17) is 0 Å². The minimum Gasteiger partial charge on any atom is -0.378 e. The first-order valence-corrected chi connectivity index (χ1v) is 7.61. The molecule has 0 amide bonds. The summed E-state index contributed by atoms with van der Waals surface area (Å²) in [5, 5.41) is 3.56. The maximum atomic E-state index is 3.60. The normalized spacial score (nSPS) is 12.2. The second-order valence-corrected chi connectivity index (χ2v) is 6.04. The average Bonchev–Trinajstić information content (AvgIpc) is 2.45. The lowest BCUT2D eigenvalue weighted by Crippen LogP contribution is -2.18. The third kappa shape index (κ3) is 3.84. The van der Waals surface area contributed by atoms with Crippen LogP contribution in [0.15, 0.2) is 53.0 Å². The van der Waals surface area contributed by atoms with Gasteiger partial charge in [0.05, 0.1) is 0 Å². The lowest BCUT2D eigenvalue weighted by atomic mass is 10.1. The standard InChI is InChI=1S/C17H21BrN2/c1-13(16-6-4-5-7-17(16)18)19-12-14-8-10-15(11-9-14)20(2)3/h4-11,13,19H,12H2,1-3H3/t13-/m1/s1. The molecule has 2 nitrogen and oxygen atoms in total. The fourth-order valence-electron chi connectivity index (χ4n) is 2.12. The van der Waals surface area contributed by atoms with Crippen LogP contribution in [-0.2, 0) is 6.54 Å². The summed E-state index contributed by atoms with van der Waals surface area (Å²) < 4.78 is 1.16. The highest BCUT2D eigenvalue weighted by Gasteiger charge is 2.07. The molecule has 0 saturated carbocycles. The van der Waals surface area contributed by atoms with Gasteiger partial charge in [-0.15, -0.1) is 0 Å². The fourth-order valence-corrected chi connectivity index (χ4v) is 2.75. The van der Waals surface area contributed by atoms with Crippen LogP contribution >= 0.6 is 15.9 Å². The lowest BCUT2D eigenvalue weighted by molar-refractivity contribution is 0.573. The minimum absolute atomic E-state index is 0.319. The van der Waals surface area contributed by atoms with Gasteiger partial charge in [-0.05, 0) is 36.2 Å². The summed E-state index contributed by atoms with van der Waals surface area (Å²) in [6.45, 7) is 3.06. The topological polar surface area (TPSA) is 15.3 Å². The Labute approximate surface area is 129 Å². The molecule has 0 spiro atoms. The van der Waals surface area contributed by atoms with Crippen LogP contribution in [0.5, 0.6) is 0 Å². The summed E-state index contributed by atoms with van der Waals surface area (Å²) in [4.78, 5) is 2.11. The van der Waals surface area contributed by atoms with Gasteiger partial charge in [-0.3, -0.25) is 0 Å². The Bertz CT molecular complexity index is 549. The van der Waals surface area contributed by atoms with Crippen LogP contribution in [0.25, 0.3) is 0 Å². The van der Waals surface area contributed by atoms with E-state index < -0.39 is 0 Å². The fraction of sp³-hybridized carbons (Fsp3) is 0.294. The molecule has 20 heavy (non-hydrogen) atoms. The Morgan fingerprint density at radius 1 is 1.05 bits per heavy atom. The molecule has 2 aromatic carbocycles. The maximum absolute atomic E-state index is 3.60. The van der Waals surface area contributed by atoms with E-state index in [2.05, 4.69) is 89.6 Å². The van der Waals surface area contributed by atoms with E-state index in [9.17, 15) is 0 Å². The molecule has 0 aromatic heterocycles. The van der Waals surface area contributed by atoms with Crippen LogP contribution in [-0.4, -0.2) is 14.1 Å². The number of hydrogen-bond acceptors (Lipinski definition) is 2. The molecule has 1 atom stereocenters. The summed E-state index contributed by atoms with van der Waals surface area (Å²) in [7, 11) is 4.12. The largest absolute Gasteiger partial charge is 0.378 e. The summed E-state index contributed by atoms with van der Waals surface area (Å²) in [5.74, 6) is 0. The smallest absolute Gasteiger partial charge is 0.0361 e. The van der Waals surface area contributed by atoms with Gasteiger partial charge in [-0.25, -0.2) is 0 Å². The highest BCUT2D eigenvalue weighted by molar-refractivity contribution is 9.10. The summed E-state index contributed by atoms with van der Waals surface area (Å²) in [6, 6.07) is 17.3. The van der Waals surface area contributed by atoms with E-state index in [1.807, 2.05) is 6.07 Å². The Hall–Kier alpha value is -1.32. The van der Waals surface area contributed by atoms with E-state index in [0.29, 0.717) is 6.04 Å². The van der Waals surface area contributed by atoms with Crippen LogP contribution in [0.1, 0.15) is 24.1 Å². The van der Waals surface area contributed by atoms with Crippen molar-refractivity contribution >= 4 is 21.6 Å². The van der Waals surface area contributed by atoms with Crippen molar-refractivity contribution in [3.05, 3.63) is 64.1 Å². The van der Waals surface area contributed by atoms with Crippen LogP contribution < -0.4 is 10.2 Å². The highest BCUT2D eigenvalue weighted by atomic mass is 79.9. The van der Waals surface area contributed by atoms with Crippen molar-refractivity contribution in [1.82, 2.24) is 5.32 Å². The monoisotopic (exact) mass is 332 g/mol. The summed E-state index contributed by atoms with van der Waals surface area (Å²) in [6.07, 6.45) is 0. The summed E-state index contributed by atoms with van der Waals surface area (Å²) in [5.41, 5.74) is 3.82. The van der Waals surface area contributed by atoms with E-state index in [-0.39, 0.29) is 0 Å². The molecular weight excluding hydrogens is 312 g/mol. The molecule has 1 N–H and O–H groups in total. The zero-order chi connectivity index (χ0) is 14.5. The first-order valence-electron chi connectivity index (χ1n) is 6.82. The average molecular weight is 333 g/mol. The van der Waals surface area contributed by atoms with Crippen molar-refractivity contribution in [3.8, 4) is 0 Å². The zero-order valence-corrected chi connectivity index (χ0v) is 13.8. The first-order chi connectivity index (χ1) is 9.58. The Morgan fingerprint density at radius 2 is 1.70 bits per heavy atom. The van der Waals surface area contributed by atoms with Crippen molar-refractivity contribution in [3.63, 3.8) is 0 Å². The van der Waals surface area contributed by atoms with E-state index in [0.717, 1.165) is 11.0 Å². The van der Waals surface area contributed by atoms with Gasteiger partial charge in [0.2, 0.25) is 0 Å². The molecule has 0 fully saturated rings. The van der Waals surface area contributed by atoms with Crippen molar-refractivity contribution in [2.24, 2.45) is 0 Å². The van der Waals surface area contributed by atoms with Crippen molar-refractivity contribution in [2.45, 2.75) is 19.5 Å². The van der Waals surface area contributed by atoms with Gasteiger partial charge in [0.25, 0.3) is 0 Å². The number of nitrogens with zero attached hydrogens (tertiary/aromatic N) is 1. The summed E-state index contributed by atoms with van der Waals surface area (Å²) >= 11 is 3.60. The van der Waals surface area contributed by atoms with Gasteiger partial charge in [-0.2, -0.15) is 0 Å². The van der Waals surface area contributed by atoms with Gasteiger partial charge in [-0.1, -0.05) is 46.3 Å². The molecule has 3 heteroatoms. The molecule has 2 rings (SSSR count). The zero-order valence-electron chi connectivity index (χ0n) is 12.2. The number of halogens is 1. The van der Waals surface area contributed by atoms with Crippen LogP contribution in [0.4, 0.5) is 5.69 Å². The van der Waals surface area contributed by atoms with Crippen molar-refractivity contribution in [1.29, 1.82) is 0 Å². The van der Waals surface area contributed by atoms with Crippen molar-refractivity contribution in [2.75, 3.05) is 19.0 Å². The molecule has 0 aliphatic carbocycles. The van der Waals surface area contributed by atoms with Crippen LogP contribution in [0.2, 0.25) is 0 Å². The second kappa shape index (κ2) is 6.91. The molecule has 0 unspecified atom stereocenters. The van der Waals surface area contributed by atoms with E-state index in [1.54, 1.807) is 0 Å². The minimum atomic E-state index is 0.319. The Balaban J connectivity index is 1.96. The predicted octanol–water partition coefficient (Wildman–Crippen LogP) is 4.37. The third-order valence-electron chi connectivity index (χ3n) is 3.44. The van der Waals surface area contributed by atoms with Gasteiger partial charge >= 0.3 is 0 Å². The van der Waals surface area contributed by atoms with Gasteiger partial charge in [0, 0.05) is 36.8 Å². The molecule has 0 heterocycles. The van der Waals surface area contributed by atoms with Gasteiger partial charge < -0.3 is 10.2 Å². The molecule has 2 aromatic rings. The molecule has 0 aliphatic heterocycles. The van der Waals surface area contributed by atoms with Gasteiger partial charge in [0.1, 0.15) is 0 Å². The Morgan fingerprint density at radius 3 is 2.30 bits per heavy atom. The maximum Gasteiger partial charge on any atom is 0.0361 e. The molecule has 0 radical (unpaired) electrons. The number of nitrogens with one attached hydrogen (secondary N) is 1. The molecular formula is C17H21BrN2. The molecule has 0 aliphatic rings. The predicted molar refractivity (Wildman–Crippen MR) is 90.2 cm³/mol. The quantitative estimate of drug-likeness (QED) is 0.874. The first kappa shape index (κ1) is 15.1. The van der Waals surface area contributed by atoms with E-state index in [1.165, 1.54) is 16.8 Å². The second-order valence-electron chi connectivity index (χ2n) is 5.18. The third-order valence-corrected chi connectivity index (χ3v) is 4.16. The lowest BCUT2D eigenvalue weighted by Gasteiger charge is -2.17. The highest BCUT2D eigenvalue weighted by Crippen LogP contribution is 2.23. The number of anilines is 1.